The van der Waals surface area contributed by atoms with Crippen LogP contribution in [0.15, 0.2) is 34.7 Å². The van der Waals surface area contributed by atoms with Crippen molar-refractivity contribution >= 4 is 23.5 Å². The Balaban J connectivity index is 2.93. The molecule has 1 N–H and O–H groups in total. The van der Waals surface area contributed by atoms with E-state index in [-0.39, 0.29) is 22.5 Å². The van der Waals surface area contributed by atoms with Crippen LogP contribution >= 0.6 is 11.6 Å². The van der Waals surface area contributed by atoms with E-state index in [1.165, 1.54) is 13.8 Å². The average Bonchev–Trinajstić information content (AvgIpc) is 2.60. The zero-order valence-electron chi connectivity index (χ0n) is 18.4. The lowest BCUT2D eigenvalue weighted by molar-refractivity contribution is -0.145. The minimum absolute atomic E-state index is 0.117. The van der Waals surface area contributed by atoms with Crippen molar-refractivity contribution in [1.82, 2.24) is 5.32 Å². The van der Waals surface area contributed by atoms with Crippen molar-refractivity contribution in [2.75, 3.05) is 0 Å². The molecule has 1 heterocycles. The van der Waals surface area contributed by atoms with Gasteiger partial charge in [0.05, 0.1) is 39.9 Å². The van der Waals surface area contributed by atoms with Crippen LogP contribution in [0.2, 0.25) is 5.02 Å². The summed E-state index contributed by atoms with van der Waals surface area (Å²) in [6, 6.07) is 1.53. The van der Waals surface area contributed by atoms with E-state index in [9.17, 15) is 22.8 Å². The van der Waals surface area contributed by atoms with Crippen LogP contribution in [0.3, 0.4) is 0 Å². The molecule has 0 aromatic heterocycles. The fourth-order valence-corrected chi connectivity index (χ4v) is 3.79. The first-order valence-corrected chi connectivity index (χ1v) is 10.2. The predicted molar refractivity (Wildman–Crippen MR) is 110 cm³/mol. The summed E-state index contributed by atoms with van der Waals surface area (Å²) in [5.41, 5.74) is -2.87. The van der Waals surface area contributed by atoms with Gasteiger partial charge in [0.15, 0.2) is 0 Å². The number of rotatable bonds is 5. The monoisotopic (exact) mass is 477 g/mol. The van der Waals surface area contributed by atoms with E-state index in [1.54, 1.807) is 27.7 Å². The molecule has 32 heavy (non-hydrogen) atoms. The first-order valence-electron chi connectivity index (χ1n) is 9.82. The SMILES string of the molecule is CC1=C(C(=O)OC(C)C)C(c2c(F)ccc(Cl)c2C(F)(F)F)C(C(=O)OC(C)C)=C(C)N1. The highest BCUT2D eigenvalue weighted by atomic mass is 35.5. The molecule has 0 radical (unpaired) electrons. The molecule has 1 aliphatic rings. The third-order valence-corrected chi connectivity index (χ3v) is 4.91. The molecule has 0 saturated carbocycles. The Bertz CT molecular complexity index is 952. The molecule has 5 nitrogen and oxygen atoms in total. The Kier molecular flexibility index (Phi) is 7.65. The molecule has 2 rings (SSSR count). The van der Waals surface area contributed by atoms with Crippen LogP contribution < -0.4 is 5.32 Å². The van der Waals surface area contributed by atoms with Gasteiger partial charge in [-0.1, -0.05) is 11.6 Å². The number of carbonyl (C=O) groups is 2. The lowest BCUT2D eigenvalue weighted by Crippen LogP contribution is -2.35. The number of ether oxygens (including phenoxy) is 2. The van der Waals surface area contributed by atoms with Crippen LogP contribution in [-0.4, -0.2) is 24.1 Å². The number of benzene rings is 1. The van der Waals surface area contributed by atoms with Gasteiger partial charge in [-0.3, -0.25) is 0 Å². The van der Waals surface area contributed by atoms with Gasteiger partial charge in [-0.05, 0) is 53.7 Å². The Labute approximate surface area is 188 Å². The van der Waals surface area contributed by atoms with E-state index in [0.29, 0.717) is 0 Å². The molecule has 1 aromatic rings. The van der Waals surface area contributed by atoms with E-state index in [4.69, 9.17) is 21.1 Å². The van der Waals surface area contributed by atoms with Crippen LogP contribution in [-0.2, 0) is 25.2 Å². The van der Waals surface area contributed by atoms with Crippen LogP contribution in [0.4, 0.5) is 17.6 Å². The summed E-state index contributed by atoms with van der Waals surface area (Å²) in [5.74, 6) is -5.03. The quantitative estimate of drug-likeness (QED) is 0.439. The molecule has 0 unspecified atom stereocenters. The first kappa shape index (κ1) is 25.7. The van der Waals surface area contributed by atoms with Crippen molar-refractivity contribution in [3.05, 3.63) is 56.6 Å². The van der Waals surface area contributed by atoms with Gasteiger partial charge in [-0.25, -0.2) is 14.0 Å². The third kappa shape index (κ3) is 5.26. The van der Waals surface area contributed by atoms with Crippen LogP contribution in [0.25, 0.3) is 0 Å². The maximum absolute atomic E-state index is 15.1. The highest BCUT2D eigenvalue weighted by Gasteiger charge is 2.46. The highest BCUT2D eigenvalue weighted by Crippen LogP contribution is 2.47. The van der Waals surface area contributed by atoms with Gasteiger partial charge in [0.1, 0.15) is 5.82 Å². The maximum Gasteiger partial charge on any atom is 0.418 e. The number of halogens is 5. The van der Waals surface area contributed by atoms with Crippen molar-refractivity contribution in [1.29, 1.82) is 0 Å². The summed E-state index contributed by atoms with van der Waals surface area (Å²) >= 11 is 5.83. The number of hydrogen-bond acceptors (Lipinski definition) is 5. The lowest BCUT2D eigenvalue weighted by Gasteiger charge is -2.32. The third-order valence-electron chi connectivity index (χ3n) is 4.60. The topological polar surface area (TPSA) is 64.6 Å². The smallest absolute Gasteiger partial charge is 0.418 e. The number of esters is 2. The van der Waals surface area contributed by atoms with Crippen molar-refractivity contribution in [3.8, 4) is 0 Å². The van der Waals surface area contributed by atoms with Gasteiger partial charge in [0.2, 0.25) is 0 Å². The fraction of sp³-hybridized carbons (Fsp3) is 0.455. The first-order chi connectivity index (χ1) is 14.7. The second-order valence-corrected chi connectivity index (χ2v) is 8.27. The minimum atomic E-state index is -5.07. The highest BCUT2D eigenvalue weighted by molar-refractivity contribution is 6.31. The summed E-state index contributed by atoms with van der Waals surface area (Å²) in [4.78, 5) is 25.9. The van der Waals surface area contributed by atoms with E-state index in [0.717, 1.165) is 12.1 Å². The van der Waals surface area contributed by atoms with Gasteiger partial charge >= 0.3 is 18.1 Å². The molecule has 0 fully saturated rings. The molecule has 1 aromatic carbocycles. The summed E-state index contributed by atoms with van der Waals surface area (Å²) in [7, 11) is 0. The van der Waals surface area contributed by atoms with Crippen LogP contribution in [0, 0.1) is 5.82 Å². The molecule has 0 atom stereocenters. The largest absolute Gasteiger partial charge is 0.460 e. The van der Waals surface area contributed by atoms with Crippen molar-refractivity contribution in [2.24, 2.45) is 0 Å². The zero-order chi connectivity index (χ0) is 24.5. The van der Waals surface area contributed by atoms with Crippen LogP contribution in [0.5, 0.6) is 0 Å². The zero-order valence-corrected chi connectivity index (χ0v) is 19.2. The number of nitrogens with one attached hydrogen (secondary N) is 1. The summed E-state index contributed by atoms with van der Waals surface area (Å²) in [5, 5.41) is 2.03. The Morgan fingerprint density at radius 1 is 0.969 bits per heavy atom. The Hall–Kier alpha value is -2.55. The van der Waals surface area contributed by atoms with Gasteiger partial charge in [-0.15, -0.1) is 0 Å². The number of dihydropyridines is 1. The molecular weight excluding hydrogens is 454 g/mol. The second-order valence-electron chi connectivity index (χ2n) is 7.86. The van der Waals surface area contributed by atoms with E-state index in [2.05, 4.69) is 5.32 Å². The molecule has 176 valence electrons. The molecule has 1 aliphatic heterocycles. The molecule has 0 bridgehead atoms. The number of allylic oxidation sites excluding steroid dienone is 2. The fourth-order valence-electron chi connectivity index (χ4n) is 3.52. The van der Waals surface area contributed by atoms with Gasteiger partial charge in [-0.2, -0.15) is 13.2 Å². The summed E-state index contributed by atoms with van der Waals surface area (Å²) in [6.45, 7) is 9.05. The van der Waals surface area contributed by atoms with Gasteiger partial charge in [0, 0.05) is 17.0 Å². The van der Waals surface area contributed by atoms with E-state index >= 15 is 4.39 Å². The normalized spacial score (nSPS) is 15.4. The van der Waals surface area contributed by atoms with Crippen molar-refractivity contribution in [2.45, 2.75) is 65.8 Å². The maximum atomic E-state index is 15.1. The molecule has 0 aliphatic carbocycles. The van der Waals surface area contributed by atoms with Crippen molar-refractivity contribution < 1.29 is 36.6 Å². The second kappa shape index (κ2) is 9.52. The average molecular weight is 478 g/mol. The number of carbonyl (C=O) groups excluding carboxylic acids is 2. The molecular formula is C22H24ClF4NO4. The van der Waals surface area contributed by atoms with Gasteiger partial charge < -0.3 is 14.8 Å². The van der Waals surface area contributed by atoms with Crippen LogP contribution in [0.1, 0.15) is 58.6 Å². The standard InChI is InChI=1S/C22H24ClF4NO4/c1-9(2)31-20(29)15-11(5)28-12(6)16(21(30)32-10(3)4)18(15)17-14(24)8-7-13(23)19(17)22(25,26)27/h7-10,18,28H,1-6H3. The summed E-state index contributed by atoms with van der Waals surface area (Å²) in [6.07, 6.45) is -6.30. The predicted octanol–water partition coefficient (Wildman–Crippen LogP) is 5.64. The Morgan fingerprint density at radius 2 is 1.41 bits per heavy atom. The molecule has 0 spiro atoms. The lowest BCUT2D eigenvalue weighted by atomic mass is 9.78. The molecule has 0 amide bonds. The van der Waals surface area contributed by atoms with Crippen molar-refractivity contribution in [3.63, 3.8) is 0 Å². The van der Waals surface area contributed by atoms with E-state index in [1.807, 2.05) is 0 Å². The van der Waals surface area contributed by atoms with E-state index < -0.39 is 58.2 Å². The number of alkyl halides is 3. The Morgan fingerprint density at radius 3 is 1.78 bits per heavy atom. The molecule has 10 heteroatoms. The number of hydrogen-bond donors (Lipinski definition) is 1. The van der Waals surface area contributed by atoms with Gasteiger partial charge in [0.25, 0.3) is 0 Å². The minimum Gasteiger partial charge on any atom is -0.460 e. The molecule has 0 saturated heterocycles. The summed E-state index contributed by atoms with van der Waals surface area (Å²) < 4.78 is 67.4.